The maximum atomic E-state index is 12.2. The zero-order chi connectivity index (χ0) is 12.5. The highest BCUT2D eigenvalue weighted by Gasteiger charge is 2.30. The van der Waals surface area contributed by atoms with Crippen LogP contribution in [0.4, 0.5) is 0 Å². The lowest BCUT2D eigenvalue weighted by Crippen LogP contribution is -2.48. The molecule has 1 aliphatic heterocycles. The molecule has 0 unspecified atom stereocenters. The maximum Gasteiger partial charge on any atom is 0.293 e. The minimum absolute atomic E-state index is 0.0334. The molecule has 98 valence electrons. The first kappa shape index (κ1) is 11.6. The smallest absolute Gasteiger partial charge is 0.293 e. The summed E-state index contributed by atoms with van der Waals surface area (Å²) in [6.07, 6.45) is 2.33. The van der Waals surface area contributed by atoms with Crippen LogP contribution in [0.3, 0.4) is 0 Å². The lowest BCUT2D eigenvalue weighted by atomic mass is 10.3. The highest BCUT2D eigenvalue weighted by molar-refractivity contribution is 5.90. The first-order valence-corrected chi connectivity index (χ1v) is 6.72. The van der Waals surface area contributed by atoms with E-state index in [4.69, 9.17) is 0 Å². The summed E-state index contributed by atoms with van der Waals surface area (Å²) in [4.78, 5) is 20.7. The van der Waals surface area contributed by atoms with Crippen LogP contribution in [0, 0.1) is 0 Å². The topological polar surface area (TPSA) is 65.1 Å². The second-order valence-corrected chi connectivity index (χ2v) is 5.04. The van der Waals surface area contributed by atoms with Gasteiger partial charge in [0.2, 0.25) is 5.82 Å². The molecule has 2 heterocycles. The summed E-state index contributed by atoms with van der Waals surface area (Å²) in [6, 6.07) is 0. The molecule has 1 aliphatic carbocycles. The van der Waals surface area contributed by atoms with Crippen molar-refractivity contribution >= 4 is 5.91 Å². The van der Waals surface area contributed by atoms with E-state index in [0.29, 0.717) is 11.7 Å². The molecule has 1 aromatic heterocycles. The number of carbonyl (C=O) groups is 1. The molecular formula is C12H19N5O. The number of amides is 1. The van der Waals surface area contributed by atoms with Gasteiger partial charge in [-0.05, 0) is 19.4 Å². The Kier molecular flexibility index (Phi) is 3.03. The molecule has 0 bridgehead atoms. The summed E-state index contributed by atoms with van der Waals surface area (Å²) in [5.74, 6) is 1.69. The van der Waals surface area contributed by atoms with E-state index in [1.165, 1.54) is 0 Å². The molecule has 1 amide bonds. The number of rotatable bonds is 3. The van der Waals surface area contributed by atoms with Gasteiger partial charge in [-0.1, -0.05) is 6.92 Å². The van der Waals surface area contributed by atoms with Crippen molar-refractivity contribution in [1.82, 2.24) is 25.0 Å². The third-order valence-electron chi connectivity index (χ3n) is 3.76. The van der Waals surface area contributed by atoms with Crippen molar-refractivity contribution in [3.8, 4) is 0 Å². The fraction of sp³-hybridized carbons (Fsp3) is 0.750. The first-order chi connectivity index (χ1) is 8.78. The zero-order valence-electron chi connectivity index (χ0n) is 10.7. The quantitative estimate of drug-likeness (QED) is 0.845. The summed E-state index contributed by atoms with van der Waals surface area (Å²) in [5, 5.41) is 6.94. The van der Waals surface area contributed by atoms with E-state index >= 15 is 0 Å². The molecule has 0 radical (unpaired) electrons. The number of piperazine rings is 1. The Morgan fingerprint density at radius 2 is 2.06 bits per heavy atom. The van der Waals surface area contributed by atoms with Crippen LogP contribution in [0.2, 0.25) is 0 Å². The predicted octanol–water partition coefficient (Wildman–Crippen LogP) is 0.460. The van der Waals surface area contributed by atoms with Gasteiger partial charge in [0.05, 0.1) is 0 Å². The molecule has 0 atom stereocenters. The first-order valence-electron chi connectivity index (χ1n) is 6.72. The van der Waals surface area contributed by atoms with Gasteiger partial charge in [-0.25, -0.2) is 4.98 Å². The monoisotopic (exact) mass is 249 g/mol. The molecule has 0 spiro atoms. The predicted molar refractivity (Wildman–Crippen MR) is 66.4 cm³/mol. The van der Waals surface area contributed by atoms with Crippen LogP contribution < -0.4 is 0 Å². The van der Waals surface area contributed by atoms with Crippen molar-refractivity contribution in [1.29, 1.82) is 0 Å². The van der Waals surface area contributed by atoms with Crippen LogP contribution in [0.1, 0.15) is 42.1 Å². The average Bonchev–Trinajstić information content (AvgIpc) is 3.16. The Labute approximate surface area is 106 Å². The van der Waals surface area contributed by atoms with E-state index in [1.807, 2.05) is 4.90 Å². The number of nitrogens with zero attached hydrogens (tertiary/aromatic N) is 4. The highest BCUT2D eigenvalue weighted by atomic mass is 16.2. The van der Waals surface area contributed by atoms with Gasteiger partial charge < -0.3 is 9.80 Å². The van der Waals surface area contributed by atoms with E-state index in [9.17, 15) is 4.79 Å². The molecular weight excluding hydrogens is 230 g/mol. The summed E-state index contributed by atoms with van der Waals surface area (Å²) in [5.41, 5.74) is 0. The van der Waals surface area contributed by atoms with E-state index < -0.39 is 0 Å². The molecule has 1 N–H and O–H groups in total. The van der Waals surface area contributed by atoms with Crippen LogP contribution in [-0.4, -0.2) is 63.6 Å². The van der Waals surface area contributed by atoms with Crippen LogP contribution in [0.15, 0.2) is 0 Å². The summed E-state index contributed by atoms with van der Waals surface area (Å²) >= 11 is 0. The van der Waals surface area contributed by atoms with Crippen molar-refractivity contribution in [2.24, 2.45) is 0 Å². The molecule has 2 aliphatic rings. The third kappa shape index (κ3) is 2.25. The summed E-state index contributed by atoms with van der Waals surface area (Å²) in [6.45, 7) is 6.65. The second kappa shape index (κ2) is 4.68. The molecule has 3 rings (SSSR count). The Balaban J connectivity index is 1.63. The molecule has 1 saturated carbocycles. The van der Waals surface area contributed by atoms with Gasteiger partial charge in [0.15, 0.2) is 0 Å². The largest absolute Gasteiger partial charge is 0.333 e. The SMILES string of the molecule is CCN1CCN(C(=O)c2n[nH]c(C3CC3)n2)CC1. The molecule has 18 heavy (non-hydrogen) atoms. The average molecular weight is 249 g/mol. The second-order valence-electron chi connectivity index (χ2n) is 5.04. The molecule has 0 aromatic carbocycles. The minimum atomic E-state index is -0.0334. The van der Waals surface area contributed by atoms with E-state index in [2.05, 4.69) is 27.0 Å². The normalized spacial score (nSPS) is 21.3. The van der Waals surface area contributed by atoms with E-state index in [0.717, 1.165) is 51.4 Å². The lowest BCUT2D eigenvalue weighted by Gasteiger charge is -2.33. The van der Waals surface area contributed by atoms with Gasteiger partial charge in [0.25, 0.3) is 5.91 Å². The number of hydrogen-bond donors (Lipinski definition) is 1. The number of likely N-dealkylation sites (N-methyl/N-ethyl adjacent to an activating group) is 1. The Morgan fingerprint density at radius 1 is 1.33 bits per heavy atom. The molecule has 2 fully saturated rings. The van der Waals surface area contributed by atoms with Gasteiger partial charge in [-0.15, -0.1) is 5.10 Å². The Bertz CT molecular complexity index is 431. The van der Waals surface area contributed by atoms with E-state index in [-0.39, 0.29) is 5.91 Å². The number of aromatic amines is 1. The summed E-state index contributed by atoms with van der Waals surface area (Å²) in [7, 11) is 0. The summed E-state index contributed by atoms with van der Waals surface area (Å²) < 4.78 is 0. The van der Waals surface area contributed by atoms with Crippen LogP contribution >= 0.6 is 0 Å². The number of nitrogens with one attached hydrogen (secondary N) is 1. The molecule has 6 nitrogen and oxygen atoms in total. The van der Waals surface area contributed by atoms with Crippen molar-refractivity contribution in [2.45, 2.75) is 25.7 Å². The van der Waals surface area contributed by atoms with Crippen LogP contribution in [-0.2, 0) is 0 Å². The fourth-order valence-electron chi connectivity index (χ4n) is 2.32. The van der Waals surface area contributed by atoms with Gasteiger partial charge in [-0.2, -0.15) is 0 Å². The molecule has 1 aromatic rings. The van der Waals surface area contributed by atoms with Crippen molar-refractivity contribution in [3.05, 3.63) is 11.6 Å². The third-order valence-corrected chi connectivity index (χ3v) is 3.76. The standard InChI is InChI=1S/C12H19N5O/c1-2-16-5-7-17(8-6-16)12(18)11-13-10(14-15-11)9-3-4-9/h9H,2-8H2,1H3,(H,13,14,15). The van der Waals surface area contributed by atoms with Crippen molar-refractivity contribution in [2.75, 3.05) is 32.7 Å². The Hall–Kier alpha value is -1.43. The van der Waals surface area contributed by atoms with Crippen LogP contribution in [0.5, 0.6) is 0 Å². The number of H-pyrrole nitrogens is 1. The lowest BCUT2D eigenvalue weighted by molar-refractivity contribution is 0.0631. The minimum Gasteiger partial charge on any atom is -0.333 e. The van der Waals surface area contributed by atoms with Crippen LogP contribution in [0.25, 0.3) is 0 Å². The molecule has 6 heteroatoms. The van der Waals surface area contributed by atoms with Gasteiger partial charge in [-0.3, -0.25) is 9.89 Å². The fourth-order valence-corrected chi connectivity index (χ4v) is 2.32. The van der Waals surface area contributed by atoms with Gasteiger partial charge >= 0.3 is 0 Å². The van der Waals surface area contributed by atoms with E-state index in [1.54, 1.807) is 0 Å². The number of hydrogen-bond acceptors (Lipinski definition) is 4. The number of carbonyl (C=O) groups excluding carboxylic acids is 1. The number of aromatic nitrogens is 3. The maximum absolute atomic E-state index is 12.2. The highest BCUT2D eigenvalue weighted by Crippen LogP contribution is 2.37. The van der Waals surface area contributed by atoms with Crippen molar-refractivity contribution in [3.63, 3.8) is 0 Å². The van der Waals surface area contributed by atoms with Gasteiger partial charge in [0.1, 0.15) is 5.82 Å². The Morgan fingerprint density at radius 3 is 2.67 bits per heavy atom. The van der Waals surface area contributed by atoms with Crippen molar-refractivity contribution < 1.29 is 4.79 Å². The zero-order valence-corrected chi connectivity index (χ0v) is 10.7. The molecule has 1 saturated heterocycles. The van der Waals surface area contributed by atoms with Gasteiger partial charge in [0, 0.05) is 32.1 Å².